The standard InChI is InChI=1S/C31H36IN3O4S/c1-3-29(31(37)33-26-12-7-8-13-26)34(21-24-11-9-10-23(2)20-24)30(36)22-35(27-18-16-25(32)17-19-27)40(38,39)28-14-5-4-6-15-28/h4-6,9-11,14-20,26,29H,3,7-8,12-13,21-22H2,1-2H3,(H,33,37). The summed E-state index contributed by atoms with van der Waals surface area (Å²) in [5.41, 5.74) is 2.31. The molecule has 4 rings (SSSR count). The number of carbonyl (C=O) groups excluding carboxylic acids is 2. The molecule has 7 nitrogen and oxygen atoms in total. The Morgan fingerprint density at radius 3 is 2.27 bits per heavy atom. The Hall–Kier alpha value is -2.92. The highest BCUT2D eigenvalue weighted by Crippen LogP contribution is 2.26. The van der Waals surface area contributed by atoms with Crippen LogP contribution in [0.3, 0.4) is 0 Å². The molecule has 1 aliphatic rings. The molecule has 1 unspecified atom stereocenters. The summed E-state index contributed by atoms with van der Waals surface area (Å²) in [5.74, 6) is -0.630. The molecular weight excluding hydrogens is 637 g/mol. The Bertz CT molecular complexity index is 1410. The number of halogens is 1. The Morgan fingerprint density at radius 2 is 1.65 bits per heavy atom. The summed E-state index contributed by atoms with van der Waals surface area (Å²) >= 11 is 2.16. The predicted octanol–water partition coefficient (Wildman–Crippen LogP) is 5.66. The van der Waals surface area contributed by atoms with Gasteiger partial charge in [0.1, 0.15) is 12.6 Å². The quantitative estimate of drug-likeness (QED) is 0.266. The minimum absolute atomic E-state index is 0.0950. The molecule has 212 valence electrons. The first kappa shape index (κ1) is 30.0. The lowest BCUT2D eigenvalue weighted by Gasteiger charge is -2.34. The Balaban J connectivity index is 1.70. The zero-order valence-electron chi connectivity index (χ0n) is 22.9. The first-order chi connectivity index (χ1) is 19.2. The molecule has 0 radical (unpaired) electrons. The largest absolute Gasteiger partial charge is 0.352 e. The molecule has 0 aromatic heterocycles. The molecule has 1 N–H and O–H groups in total. The summed E-state index contributed by atoms with van der Waals surface area (Å²) in [5, 5.41) is 3.14. The number of sulfonamides is 1. The molecule has 0 heterocycles. The zero-order chi connectivity index (χ0) is 28.7. The maximum Gasteiger partial charge on any atom is 0.264 e. The van der Waals surface area contributed by atoms with E-state index >= 15 is 0 Å². The number of carbonyl (C=O) groups is 2. The first-order valence-electron chi connectivity index (χ1n) is 13.7. The van der Waals surface area contributed by atoms with E-state index in [1.54, 1.807) is 35.2 Å². The second-order valence-electron chi connectivity index (χ2n) is 10.2. The number of benzene rings is 3. The van der Waals surface area contributed by atoms with Crippen LogP contribution in [0.5, 0.6) is 0 Å². The SMILES string of the molecule is CCC(C(=O)NC1CCCC1)N(Cc1cccc(C)c1)C(=O)CN(c1ccc(I)cc1)S(=O)(=O)c1ccccc1. The van der Waals surface area contributed by atoms with E-state index in [0.29, 0.717) is 12.1 Å². The topological polar surface area (TPSA) is 86.8 Å². The fourth-order valence-corrected chi connectivity index (χ4v) is 6.94. The summed E-state index contributed by atoms with van der Waals surface area (Å²) in [7, 11) is -4.06. The number of anilines is 1. The first-order valence-corrected chi connectivity index (χ1v) is 16.2. The molecule has 1 atom stereocenters. The monoisotopic (exact) mass is 673 g/mol. The maximum atomic E-state index is 14.1. The highest BCUT2D eigenvalue weighted by molar-refractivity contribution is 14.1. The van der Waals surface area contributed by atoms with Crippen molar-refractivity contribution in [3.05, 3.63) is 93.6 Å². The fourth-order valence-electron chi connectivity index (χ4n) is 5.15. The average molecular weight is 674 g/mol. The van der Waals surface area contributed by atoms with Crippen LogP contribution in [0.25, 0.3) is 0 Å². The van der Waals surface area contributed by atoms with Crippen molar-refractivity contribution in [2.45, 2.75) is 69.5 Å². The van der Waals surface area contributed by atoms with Crippen molar-refractivity contribution >= 4 is 50.1 Å². The summed E-state index contributed by atoms with van der Waals surface area (Å²) < 4.78 is 29.8. The van der Waals surface area contributed by atoms with Gasteiger partial charge in [-0.1, -0.05) is 67.8 Å². The van der Waals surface area contributed by atoms with Gasteiger partial charge in [-0.05, 0) is 90.7 Å². The molecule has 0 bridgehead atoms. The van der Waals surface area contributed by atoms with Crippen LogP contribution in [0.4, 0.5) is 5.69 Å². The summed E-state index contributed by atoms with van der Waals surface area (Å²) in [6.07, 6.45) is 4.44. The van der Waals surface area contributed by atoms with Crippen molar-refractivity contribution < 1.29 is 18.0 Å². The smallest absolute Gasteiger partial charge is 0.264 e. The number of hydrogen-bond acceptors (Lipinski definition) is 4. The van der Waals surface area contributed by atoms with Crippen molar-refractivity contribution in [3.63, 3.8) is 0 Å². The minimum atomic E-state index is -4.06. The molecule has 1 saturated carbocycles. The van der Waals surface area contributed by atoms with Gasteiger partial charge in [0.15, 0.2) is 0 Å². The number of nitrogens with zero attached hydrogens (tertiary/aromatic N) is 2. The third-order valence-electron chi connectivity index (χ3n) is 7.25. The molecule has 0 aliphatic heterocycles. The van der Waals surface area contributed by atoms with Crippen molar-refractivity contribution in [1.29, 1.82) is 0 Å². The van der Waals surface area contributed by atoms with Gasteiger partial charge in [-0.3, -0.25) is 13.9 Å². The van der Waals surface area contributed by atoms with Crippen molar-refractivity contribution in [1.82, 2.24) is 10.2 Å². The summed E-state index contributed by atoms with van der Waals surface area (Å²) in [6, 6.07) is 22.3. The highest BCUT2D eigenvalue weighted by atomic mass is 127. The van der Waals surface area contributed by atoms with Crippen LogP contribution in [0.2, 0.25) is 0 Å². The van der Waals surface area contributed by atoms with E-state index in [2.05, 4.69) is 27.9 Å². The van der Waals surface area contributed by atoms with E-state index in [0.717, 1.165) is 44.7 Å². The third kappa shape index (κ3) is 7.42. The van der Waals surface area contributed by atoms with Crippen LogP contribution in [0, 0.1) is 10.5 Å². The third-order valence-corrected chi connectivity index (χ3v) is 9.75. The fraction of sp³-hybridized carbons (Fsp3) is 0.355. The molecule has 9 heteroatoms. The lowest BCUT2D eigenvalue weighted by Crippen LogP contribution is -2.53. The summed E-state index contributed by atoms with van der Waals surface area (Å²) in [4.78, 5) is 29.3. The molecule has 3 aromatic rings. The predicted molar refractivity (Wildman–Crippen MR) is 166 cm³/mol. The summed E-state index contributed by atoms with van der Waals surface area (Å²) in [6.45, 7) is 3.62. The van der Waals surface area contributed by atoms with Gasteiger partial charge in [0.2, 0.25) is 11.8 Å². The number of nitrogens with one attached hydrogen (secondary N) is 1. The zero-order valence-corrected chi connectivity index (χ0v) is 25.9. The van der Waals surface area contributed by atoms with Gasteiger partial charge in [-0.2, -0.15) is 0 Å². The molecule has 3 aromatic carbocycles. The van der Waals surface area contributed by atoms with E-state index < -0.39 is 28.5 Å². The minimum Gasteiger partial charge on any atom is -0.352 e. The van der Waals surface area contributed by atoms with Crippen molar-refractivity contribution in [2.24, 2.45) is 0 Å². The van der Waals surface area contributed by atoms with E-state index in [9.17, 15) is 18.0 Å². The van der Waals surface area contributed by atoms with Crippen molar-refractivity contribution in [3.8, 4) is 0 Å². The van der Waals surface area contributed by atoms with Crippen LogP contribution in [-0.4, -0.2) is 43.8 Å². The van der Waals surface area contributed by atoms with Gasteiger partial charge >= 0.3 is 0 Å². The average Bonchev–Trinajstić information content (AvgIpc) is 3.45. The Kier molecular flexibility index (Phi) is 10.2. The van der Waals surface area contributed by atoms with E-state index in [1.807, 2.05) is 50.2 Å². The second-order valence-corrected chi connectivity index (χ2v) is 13.3. The molecule has 0 saturated heterocycles. The van der Waals surface area contributed by atoms with E-state index in [-0.39, 0.29) is 23.4 Å². The number of hydrogen-bond donors (Lipinski definition) is 1. The molecule has 1 fully saturated rings. The second kappa shape index (κ2) is 13.6. The van der Waals surface area contributed by atoms with Gasteiger partial charge in [0.05, 0.1) is 10.6 Å². The maximum absolute atomic E-state index is 14.1. The molecule has 1 aliphatic carbocycles. The van der Waals surface area contributed by atoms with Crippen molar-refractivity contribution in [2.75, 3.05) is 10.8 Å². The van der Waals surface area contributed by atoms with Gasteiger partial charge < -0.3 is 10.2 Å². The van der Waals surface area contributed by atoms with Gasteiger partial charge in [-0.25, -0.2) is 8.42 Å². The molecule has 40 heavy (non-hydrogen) atoms. The van der Waals surface area contributed by atoms with Gasteiger partial charge in [-0.15, -0.1) is 0 Å². The van der Waals surface area contributed by atoms with Crippen LogP contribution < -0.4 is 9.62 Å². The number of aryl methyl sites for hydroxylation is 1. The molecule has 0 spiro atoms. The lowest BCUT2D eigenvalue weighted by atomic mass is 10.1. The van der Waals surface area contributed by atoms with Gasteiger partial charge in [0.25, 0.3) is 10.0 Å². The van der Waals surface area contributed by atoms with Crippen LogP contribution >= 0.6 is 22.6 Å². The van der Waals surface area contributed by atoms with Crippen LogP contribution in [0.15, 0.2) is 83.8 Å². The van der Waals surface area contributed by atoms with E-state index in [1.165, 1.54) is 12.1 Å². The molecule has 2 amide bonds. The normalized spacial score (nSPS) is 14.5. The molecular formula is C31H36IN3O4S. The number of amides is 2. The van der Waals surface area contributed by atoms with Crippen LogP contribution in [0.1, 0.15) is 50.2 Å². The number of rotatable bonds is 11. The Morgan fingerprint density at radius 1 is 0.975 bits per heavy atom. The Labute approximate surface area is 251 Å². The van der Waals surface area contributed by atoms with E-state index in [4.69, 9.17) is 0 Å². The van der Waals surface area contributed by atoms with Crippen LogP contribution in [-0.2, 0) is 26.2 Å². The lowest BCUT2D eigenvalue weighted by molar-refractivity contribution is -0.140. The highest BCUT2D eigenvalue weighted by Gasteiger charge is 2.34. The van der Waals surface area contributed by atoms with Gasteiger partial charge in [0, 0.05) is 16.2 Å².